The molecule has 214 valence electrons. The van der Waals surface area contributed by atoms with Crippen molar-refractivity contribution >= 4 is 34.6 Å². The van der Waals surface area contributed by atoms with Crippen molar-refractivity contribution in [3.63, 3.8) is 0 Å². The summed E-state index contributed by atoms with van der Waals surface area (Å²) in [4.78, 5) is 26.5. The van der Waals surface area contributed by atoms with Crippen molar-refractivity contribution in [2.45, 2.75) is 61.3 Å². The molecule has 0 spiro atoms. The van der Waals surface area contributed by atoms with Crippen LogP contribution in [0.3, 0.4) is 0 Å². The molecule has 0 aliphatic rings. The number of esters is 1. The van der Waals surface area contributed by atoms with Crippen LogP contribution in [0.2, 0.25) is 0 Å². The summed E-state index contributed by atoms with van der Waals surface area (Å²) in [6, 6.07) is 23.9. The number of benzene rings is 3. The number of carbonyl (C=O) groups is 2. The van der Waals surface area contributed by atoms with Crippen LogP contribution in [0.15, 0.2) is 84.2 Å². The first-order valence-electron chi connectivity index (χ1n) is 14.1. The minimum absolute atomic E-state index is 0.282. The Kier molecular flexibility index (Phi) is 16.4. The molecule has 1 amide bonds. The van der Waals surface area contributed by atoms with Gasteiger partial charge in [0.05, 0.1) is 23.5 Å². The van der Waals surface area contributed by atoms with Crippen LogP contribution in [0.1, 0.15) is 82.0 Å². The van der Waals surface area contributed by atoms with Crippen molar-refractivity contribution < 1.29 is 14.3 Å². The number of thiophene rings is 1. The van der Waals surface area contributed by atoms with E-state index in [-0.39, 0.29) is 5.91 Å². The molecule has 0 saturated heterocycles. The van der Waals surface area contributed by atoms with Gasteiger partial charge >= 0.3 is 5.97 Å². The lowest BCUT2D eigenvalue weighted by Gasteiger charge is -2.12. The number of ether oxygens (including phenoxy) is 1. The minimum Gasteiger partial charge on any atom is -0.462 e. The van der Waals surface area contributed by atoms with Crippen LogP contribution >= 0.6 is 11.3 Å². The van der Waals surface area contributed by atoms with E-state index in [1.165, 1.54) is 12.8 Å². The zero-order chi connectivity index (χ0) is 29.9. The van der Waals surface area contributed by atoms with Crippen molar-refractivity contribution in [1.29, 1.82) is 0 Å². The summed E-state index contributed by atoms with van der Waals surface area (Å²) in [6.45, 7) is 14.4. The number of carbonyl (C=O) groups excluding carboxylic acids is 2. The Morgan fingerprint density at radius 3 is 2.12 bits per heavy atom. The van der Waals surface area contributed by atoms with Gasteiger partial charge in [-0.2, -0.15) is 0 Å². The van der Waals surface area contributed by atoms with E-state index in [0.717, 1.165) is 16.0 Å². The number of hydrogen-bond donors (Lipinski definition) is 2. The van der Waals surface area contributed by atoms with E-state index in [1.807, 2.05) is 75.5 Å². The molecule has 0 unspecified atom stereocenters. The van der Waals surface area contributed by atoms with E-state index >= 15 is 0 Å². The Balaban J connectivity index is 0.000000902. The summed E-state index contributed by atoms with van der Waals surface area (Å²) in [6.07, 6.45) is 2.64. The summed E-state index contributed by atoms with van der Waals surface area (Å²) in [7, 11) is 0. The summed E-state index contributed by atoms with van der Waals surface area (Å²) in [5, 5.41) is 4.92. The van der Waals surface area contributed by atoms with Crippen molar-refractivity contribution in [2.24, 2.45) is 0 Å². The number of unbranched alkanes of at least 4 members (excludes halogenated alkanes) is 1. The number of nitrogen functional groups attached to an aromatic ring is 1. The highest BCUT2D eigenvalue weighted by atomic mass is 32.1. The average Bonchev–Trinajstić information content (AvgIpc) is 3.56. The van der Waals surface area contributed by atoms with Crippen LogP contribution in [-0.2, 0) is 4.74 Å². The van der Waals surface area contributed by atoms with E-state index in [2.05, 4.69) is 19.2 Å². The second-order valence-corrected chi connectivity index (χ2v) is 9.03. The molecule has 0 atom stereocenters. The fourth-order valence-corrected chi connectivity index (χ4v) is 4.13. The van der Waals surface area contributed by atoms with Gasteiger partial charge in [0.25, 0.3) is 5.91 Å². The van der Waals surface area contributed by atoms with Crippen molar-refractivity contribution in [3.8, 4) is 21.6 Å². The molecule has 0 aliphatic carbocycles. The molecule has 40 heavy (non-hydrogen) atoms. The van der Waals surface area contributed by atoms with Crippen LogP contribution in [0.5, 0.6) is 0 Å². The first-order chi connectivity index (χ1) is 19.5. The summed E-state index contributed by atoms with van der Waals surface area (Å²) >= 11 is 1.62. The van der Waals surface area contributed by atoms with Gasteiger partial charge in [-0.15, -0.1) is 11.3 Å². The lowest BCUT2D eigenvalue weighted by molar-refractivity contribution is 0.0527. The minimum atomic E-state index is -0.392. The molecule has 4 rings (SSSR count). The fourth-order valence-electron chi connectivity index (χ4n) is 3.40. The fraction of sp³-hybridized carbons (Fsp3) is 0.294. The maximum absolute atomic E-state index is 13.0. The van der Waals surface area contributed by atoms with Gasteiger partial charge in [0.2, 0.25) is 0 Å². The quantitative estimate of drug-likeness (QED) is 0.174. The maximum Gasteiger partial charge on any atom is 0.338 e. The smallest absolute Gasteiger partial charge is 0.338 e. The largest absolute Gasteiger partial charge is 0.462 e. The summed E-state index contributed by atoms with van der Waals surface area (Å²) < 4.78 is 5.17. The molecule has 6 heteroatoms. The van der Waals surface area contributed by atoms with E-state index in [4.69, 9.17) is 10.5 Å². The van der Waals surface area contributed by atoms with E-state index in [9.17, 15) is 9.59 Å². The Bertz CT molecular complexity index is 1300. The van der Waals surface area contributed by atoms with Crippen molar-refractivity contribution in [2.75, 3.05) is 17.7 Å². The Morgan fingerprint density at radius 1 is 0.800 bits per heavy atom. The molecule has 3 N–H and O–H groups in total. The first kappa shape index (κ1) is 34.1. The Labute approximate surface area is 244 Å². The molecule has 0 aliphatic heterocycles. The summed E-state index contributed by atoms with van der Waals surface area (Å²) in [5.74, 6) is -0.674. The zero-order valence-corrected chi connectivity index (χ0v) is 25.7. The number of hydrogen-bond acceptors (Lipinski definition) is 5. The lowest BCUT2D eigenvalue weighted by Crippen LogP contribution is -2.13. The molecule has 1 heterocycles. The molecule has 4 aromatic rings. The third-order valence-electron chi connectivity index (χ3n) is 5.47. The van der Waals surface area contributed by atoms with E-state index < -0.39 is 5.97 Å². The molecule has 5 nitrogen and oxygen atoms in total. The van der Waals surface area contributed by atoms with Gasteiger partial charge in [0.15, 0.2) is 0 Å². The second kappa shape index (κ2) is 19.2. The van der Waals surface area contributed by atoms with Gasteiger partial charge in [0.1, 0.15) is 0 Å². The van der Waals surface area contributed by atoms with E-state index in [0.29, 0.717) is 34.7 Å². The van der Waals surface area contributed by atoms with E-state index in [1.54, 1.807) is 54.7 Å². The standard InChI is InChI=1S/C26H22N2O3S.C4H10.2C2H6/c1-2-31-26(30)21-10-4-3-9-20(21)17-7-5-8-19(15-17)25(29)28-23-16-18(12-13-22(23)27)24-11-6-14-32-24;1-3-4-2;2*1-2/h3-16H,2,27H2,1H3,(H,28,29);3-4H2,1-2H3;2*1-2H3. The second-order valence-electron chi connectivity index (χ2n) is 8.08. The zero-order valence-electron chi connectivity index (χ0n) is 24.9. The van der Waals surface area contributed by atoms with Crippen LogP contribution in [0, 0.1) is 0 Å². The molecule has 1 aromatic heterocycles. The lowest BCUT2D eigenvalue weighted by atomic mass is 9.98. The number of nitrogens with two attached hydrogens (primary N) is 1. The molecule has 0 saturated carbocycles. The van der Waals surface area contributed by atoms with Crippen molar-refractivity contribution in [1.82, 2.24) is 0 Å². The molecule has 0 fully saturated rings. The average molecular weight is 561 g/mol. The van der Waals surface area contributed by atoms with Gasteiger partial charge in [-0.1, -0.05) is 96.8 Å². The highest BCUT2D eigenvalue weighted by molar-refractivity contribution is 7.13. The van der Waals surface area contributed by atoms with Crippen LogP contribution < -0.4 is 11.1 Å². The van der Waals surface area contributed by atoms with Gasteiger partial charge in [-0.25, -0.2) is 4.79 Å². The Hall–Kier alpha value is -3.90. The predicted molar refractivity (Wildman–Crippen MR) is 173 cm³/mol. The van der Waals surface area contributed by atoms with Gasteiger partial charge < -0.3 is 15.8 Å². The van der Waals surface area contributed by atoms with Gasteiger partial charge in [-0.05, 0) is 65.4 Å². The topological polar surface area (TPSA) is 81.4 Å². The van der Waals surface area contributed by atoms with Crippen LogP contribution in [0.4, 0.5) is 11.4 Å². The third-order valence-corrected chi connectivity index (χ3v) is 6.38. The van der Waals surface area contributed by atoms with Gasteiger partial charge in [0, 0.05) is 10.4 Å². The highest BCUT2D eigenvalue weighted by Crippen LogP contribution is 2.31. The number of amides is 1. The third kappa shape index (κ3) is 10.0. The van der Waals surface area contributed by atoms with Crippen LogP contribution in [-0.4, -0.2) is 18.5 Å². The number of rotatable bonds is 7. The van der Waals surface area contributed by atoms with Crippen molar-refractivity contribution in [3.05, 3.63) is 95.4 Å². The number of anilines is 2. The normalized spacial score (nSPS) is 9.47. The molecule has 0 radical (unpaired) electrons. The maximum atomic E-state index is 13.0. The molecule has 3 aromatic carbocycles. The summed E-state index contributed by atoms with van der Waals surface area (Å²) in [5.41, 5.74) is 10.5. The SMILES string of the molecule is CC.CC.CCCC.CCOC(=O)c1ccccc1-c1cccc(C(=O)Nc2cc(-c3cccs3)ccc2N)c1. The Morgan fingerprint density at radius 2 is 1.50 bits per heavy atom. The molecule has 0 bridgehead atoms. The molecular formula is C34H44N2O3S. The number of nitrogens with one attached hydrogen (secondary N) is 1. The molecular weight excluding hydrogens is 516 g/mol. The van der Waals surface area contributed by atoms with Crippen LogP contribution in [0.25, 0.3) is 21.6 Å². The predicted octanol–water partition coefficient (Wildman–Crippen LogP) is 9.95. The monoisotopic (exact) mass is 560 g/mol. The van der Waals surface area contributed by atoms with Gasteiger partial charge in [-0.3, -0.25) is 4.79 Å². The highest BCUT2D eigenvalue weighted by Gasteiger charge is 2.15. The first-order valence-corrected chi connectivity index (χ1v) is 15.0.